The molecule has 25 heteroatoms. The fraction of sp³-hybridized carbons (Fsp3) is 0.452. The highest BCUT2D eigenvalue weighted by molar-refractivity contribution is 7.44. The van der Waals surface area contributed by atoms with Crippen molar-refractivity contribution < 1.29 is 85.1 Å². The lowest BCUT2D eigenvalue weighted by Crippen LogP contribution is -2.63. The summed E-state index contributed by atoms with van der Waals surface area (Å²) in [5.74, 6) is -1.74. The first-order valence-corrected chi connectivity index (χ1v) is 29.6. The van der Waals surface area contributed by atoms with Crippen molar-refractivity contribution in [3.63, 3.8) is 0 Å². The van der Waals surface area contributed by atoms with Crippen LogP contribution in [-0.4, -0.2) is 163 Å². The van der Waals surface area contributed by atoms with E-state index in [1.807, 2.05) is 84.9 Å². The molecule has 2 aliphatic heterocycles. The molecule has 87 heavy (non-hydrogen) atoms. The molecule has 9 atom stereocenters. The second kappa shape index (κ2) is 30.9. The van der Waals surface area contributed by atoms with Gasteiger partial charge in [0.15, 0.2) is 41.6 Å². The third kappa shape index (κ3) is 16.6. The highest BCUT2D eigenvalue weighted by Crippen LogP contribution is 2.51. The second-order valence-corrected chi connectivity index (χ2v) is 22.3. The van der Waals surface area contributed by atoms with E-state index >= 15 is 0 Å². The number of esters is 4. The summed E-state index contributed by atoms with van der Waals surface area (Å²) in [6, 6.07) is 34.1. The Balaban J connectivity index is 1.06. The van der Waals surface area contributed by atoms with Crippen molar-refractivity contribution in [2.45, 2.75) is 129 Å². The van der Waals surface area contributed by atoms with Crippen LogP contribution in [0.2, 0.25) is 0 Å². The minimum absolute atomic E-state index is 0.0106. The number of anilines is 1. The van der Waals surface area contributed by atoms with Crippen LogP contribution in [0.25, 0.3) is 11.2 Å². The number of fused-ring (bicyclic) bond motifs is 1. The number of carbonyl (C=O) groups is 5. The monoisotopic (exact) mass is 1220 g/mol. The second-order valence-electron chi connectivity index (χ2n) is 20.9. The molecule has 2 aromatic heterocycles. The first kappa shape index (κ1) is 65.5. The summed E-state index contributed by atoms with van der Waals surface area (Å²) in [4.78, 5) is 76.0. The van der Waals surface area contributed by atoms with Crippen LogP contribution in [0.3, 0.4) is 0 Å². The van der Waals surface area contributed by atoms with E-state index in [4.69, 9.17) is 66.1 Å². The molecule has 4 heterocycles. The molecule has 1 N–H and O–H groups in total. The van der Waals surface area contributed by atoms with Gasteiger partial charge in [0.25, 0.3) is 14.4 Å². The first-order valence-electron chi connectivity index (χ1n) is 28.5. The van der Waals surface area contributed by atoms with E-state index < -0.39 is 93.8 Å². The van der Waals surface area contributed by atoms with Gasteiger partial charge in [-0.1, -0.05) is 72.8 Å². The standard InChI is InChI=1S/C62H75N6O18P/c1-38(2)68(39(3)4)87(80-32-30-76-29-31-77-61-57(83-43(8)72)56(82-42(7)71)55(81-41(6)70)52(85-61)34-78-40(5)69)86-50-33-53(67-37-65-54-58(63-36-64-59(54)67)66-60(73)44-17-13-11-14-18-44)84-51(50)35-79-62(45-19-15-12-16-20-45,46-21-25-48(74-9)26-22-46)47-23-27-49(75-10)28-24-47/h11-28,36-39,50-53,55-57,61H,29-35H2,1-10H3,(H,63,64,66,73)/t50-,51+,52+,53+,55+,56-,57+,61+,87?/m0/s1. The summed E-state index contributed by atoms with van der Waals surface area (Å²) in [6.07, 6.45) is -5.61. The quantitative estimate of drug-likeness (QED) is 0.0152. The zero-order valence-electron chi connectivity index (χ0n) is 50.3. The van der Waals surface area contributed by atoms with Crippen molar-refractivity contribution in [1.29, 1.82) is 0 Å². The van der Waals surface area contributed by atoms with Gasteiger partial charge >= 0.3 is 23.9 Å². The Labute approximate surface area is 506 Å². The molecule has 466 valence electrons. The molecule has 0 radical (unpaired) electrons. The minimum Gasteiger partial charge on any atom is -0.497 e. The van der Waals surface area contributed by atoms with Crippen LogP contribution in [0.5, 0.6) is 11.5 Å². The van der Waals surface area contributed by atoms with E-state index in [1.54, 1.807) is 49.4 Å². The Morgan fingerprint density at radius 3 is 1.82 bits per heavy atom. The molecule has 0 bridgehead atoms. The van der Waals surface area contributed by atoms with Crippen molar-refractivity contribution in [2.24, 2.45) is 0 Å². The molecule has 2 saturated heterocycles. The van der Waals surface area contributed by atoms with Crippen LogP contribution >= 0.6 is 8.53 Å². The Kier molecular flexibility index (Phi) is 23.3. The lowest BCUT2D eigenvalue weighted by molar-refractivity contribution is -0.309. The predicted octanol–water partition coefficient (Wildman–Crippen LogP) is 8.26. The average Bonchev–Trinajstić information content (AvgIpc) is 1.85. The number of benzene rings is 4. The van der Waals surface area contributed by atoms with Gasteiger partial charge in [0.1, 0.15) is 48.5 Å². The van der Waals surface area contributed by atoms with Crippen LogP contribution in [-0.2, 0) is 76.5 Å². The summed E-state index contributed by atoms with van der Waals surface area (Å²) in [6.45, 7) is 12.4. The highest BCUT2D eigenvalue weighted by Gasteiger charge is 2.53. The number of nitrogens with zero attached hydrogens (tertiary/aromatic N) is 5. The molecule has 24 nitrogen and oxygen atoms in total. The number of aromatic nitrogens is 4. The number of rotatable bonds is 29. The average molecular weight is 1220 g/mol. The third-order valence-electron chi connectivity index (χ3n) is 14.1. The summed E-state index contributed by atoms with van der Waals surface area (Å²) in [5.41, 5.74) is 2.46. The normalized spacial score (nSPS) is 20.7. The van der Waals surface area contributed by atoms with Gasteiger partial charge in [0, 0.05) is 51.8 Å². The smallest absolute Gasteiger partial charge is 0.303 e. The molecule has 0 aliphatic carbocycles. The van der Waals surface area contributed by atoms with E-state index in [0.29, 0.717) is 28.2 Å². The molecule has 4 aromatic carbocycles. The minimum atomic E-state index is -1.88. The largest absolute Gasteiger partial charge is 0.497 e. The summed E-state index contributed by atoms with van der Waals surface area (Å²) in [5, 5.41) is 2.89. The molecule has 8 rings (SSSR count). The van der Waals surface area contributed by atoms with E-state index in [-0.39, 0.29) is 63.3 Å². The zero-order valence-corrected chi connectivity index (χ0v) is 51.2. The summed E-state index contributed by atoms with van der Waals surface area (Å²) in [7, 11) is 1.36. The fourth-order valence-electron chi connectivity index (χ4n) is 10.4. The zero-order chi connectivity index (χ0) is 62.2. The van der Waals surface area contributed by atoms with Gasteiger partial charge in [0.2, 0.25) is 0 Å². The van der Waals surface area contributed by atoms with Gasteiger partial charge in [0.05, 0.1) is 59.7 Å². The number of hydrogen-bond acceptors (Lipinski definition) is 22. The van der Waals surface area contributed by atoms with Gasteiger partial charge in [-0.3, -0.25) is 28.5 Å². The first-order chi connectivity index (χ1) is 41.9. The predicted molar refractivity (Wildman–Crippen MR) is 315 cm³/mol. The van der Waals surface area contributed by atoms with Crippen molar-refractivity contribution in [3.05, 3.63) is 144 Å². The molecule has 2 aliphatic rings. The number of nitrogens with one attached hydrogen (secondary N) is 1. The number of hydrogen-bond donors (Lipinski definition) is 1. The van der Waals surface area contributed by atoms with Crippen molar-refractivity contribution in [2.75, 3.05) is 59.2 Å². The molecular formula is C62H75N6O18P. The van der Waals surface area contributed by atoms with E-state index in [1.165, 1.54) is 13.3 Å². The maximum Gasteiger partial charge on any atom is 0.303 e. The molecule has 0 spiro atoms. The van der Waals surface area contributed by atoms with E-state index in [9.17, 15) is 24.0 Å². The summed E-state index contributed by atoms with van der Waals surface area (Å²) < 4.78 is 83.6. The number of carbonyl (C=O) groups excluding carboxylic acids is 5. The summed E-state index contributed by atoms with van der Waals surface area (Å²) >= 11 is 0. The van der Waals surface area contributed by atoms with Gasteiger partial charge in [-0.25, -0.2) is 19.6 Å². The third-order valence-corrected chi connectivity index (χ3v) is 16.3. The van der Waals surface area contributed by atoms with Crippen molar-refractivity contribution in [1.82, 2.24) is 24.2 Å². The maximum atomic E-state index is 13.4. The number of ether oxygens (including phenoxy) is 11. The van der Waals surface area contributed by atoms with Gasteiger partial charge in [-0.05, 0) is 80.8 Å². The number of methoxy groups -OCH3 is 2. The van der Waals surface area contributed by atoms with Crippen LogP contribution in [0.4, 0.5) is 5.82 Å². The van der Waals surface area contributed by atoms with Crippen LogP contribution in [0, 0.1) is 0 Å². The Morgan fingerprint density at radius 2 is 1.23 bits per heavy atom. The lowest BCUT2D eigenvalue weighted by Gasteiger charge is -2.44. The Hall–Kier alpha value is -7.51. The van der Waals surface area contributed by atoms with E-state index in [2.05, 4.69) is 47.7 Å². The fourth-order valence-corrected chi connectivity index (χ4v) is 12.1. The van der Waals surface area contributed by atoms with Gasteiger partial charge in [-0.15, -0.1) is 0 Å². The van der Waals surface area contributed by atoms with Gasteiger partial charge < -0.3 is 66.5 Å². The molecule has 2 fully saturated rings. The van der Waals surface area contributed by atoms with Crippen LogP contribution in [0.1, 0.15) is 95.1 Å². The van der Waals surface area contributed by atoms with Gasteiger partial charge in [-0.2, -0.15) is 0 Å². The highest BCUT2D eigenvalue weighted by atomic mass is 31.2. The topological polar surface area (TPSA) is 264 Å². The molecule has 1 unspecified atom stereocenters. The molecule has 6 aromatic rings. The number of imidazole rings is 1. The Bertz CT molecular complexity index is 3160. The maximum absolute atomic E-state index is 13.4. The van der Waals surface area contributed by atoms with Crippen molar-refractivity contribution in [3.8, 4) is 11.5 Å². The van der Waals surface area contributed by atoms with Crippen LogP contribution in [0.15, 0.2) is 122 Å². The molecular weight excluding hydrogens is 1150 g/mol. The molecule has 0 saturated carbocycles. The van der Waals surface area contributed by atoms with Crippen molar-refractivity contribution >= 4 is 55.3 Å². The number of amides is 1. The van der Waals surface area contributed by atoms with E-state index in [0.717, 1.165) is 37.5 Å². The Morgan fingerprint density at radius 1 is 0.655 bits per heavy atom. The SMILES string of the molecule is COc1ccc(C(OC[C@H]2O[C@@H](n3cnc4c(NC(=O)c5ccccc5)ncnc43)C[C@@H]2OP(OCCOCCO[C@@H]2O[C@H](COC(C)=O)[C@@H](OC(C)=O)[C@H](OC(C)=O)[C@H]2OC(C)=O)N(C(C)C)C(C)C)(c2ccccc2)c2ccc(OC)cc2)cc1. The molecule has 1 amide bonds. The lowest BCUT2D eigenvalue weighted by atomic mass is 9.80. The van der Waals surface area contributed by atoms with Crippen LogP contribution < -0.4 is 14.8 Å².